The molecule has 3 rings (SSSR count). The van der Waals surface area contributed by atoms with E-state index < -0.39 is 15.9 Å². The summed E-state index contributed by atoms with van der Waals surface area (Å²) in [6.07, 6.45) is 5.50. The van der Waals surface area contributed by atoms with Crippen LogP contribution >= 0.6 is 11.3 Å². The zero-order valence-corrected chi connectivity index (χ0v) is 18.8. The maximum absolute atomic E-state index is 12.7. The number of hydrogen-bond donors (Lipinski definition) is 0. The van der Waals surface area contributed by atoms with Gasteiger partial charge in [-0.25, -0.2) is 8.42 Å². The molecular weight excluding hydrogens is 418 g/mol. The molecule has 2 aromatic carbocycles. The number of hydrogen-bond acceptors (Lipinski definition) is 4. The number of amides is 1. The first-order valence-corrected chi connectivity index (χ1v) is 11.8. The topological polar surface area (TPSA) is 71.7 Å². The van der Waals surface area contributed by atoms with Gasteiger partial charge in [-0.1, -0.05) is 37.2 Å². The molecule has 0 saturated heterocycles. The number of thiazole rings is 1. The molecule has 0 spiro atoms. The molecule has 0 aliphatic heterocycles. The van der Waals surface area contributed by atoms with Crippen molar-refractivity contribution in [3.05, 3.63) is 58.4 Å². The van der Waals surface area contributed by atoms with Crippen LogP contribution in [0.25, 0.3) is 10.2 Å². The zero-order chi connectivity index (χ0) is 21.9. The molecule has 0 radical (unpaired) electrons. The molecule has 0 saturated carbocycles. The number of sulfonamides is 1. The molecule has 0 N–H and O–H groups in total. The Bertz CT molecular complexity index is 1290. The maximum Gasteiger partial charge on any atom is 0.279 e. The number of rotatable bonds is 6. The summed E-state index contributed by atoms with van der Waals surface area (Å²) in [6.45, 7) is 6.65. The fourth-order valence-electron chi connectivity index (χ4n) is 3.14. The van der Waals surface area contributed by atoms with Gasteiger partial charge in [-0.05, 0) is 48.9 Å². The van der Waals surface area contributed by atoms with Gasteiger partial charge >= 0.3 is 0 Å². The van der Waals surface area contributed by atoms with Crippen LogP contribution in [-0.4, -0.2) is 36.3 Å². The van der Waals surface area contributed by atoms with E-state index in [4.69, 9.17) is 6.42 Å². The second kappa shape index (κ2) is 8.96. The van der Waals surface area contributed by atoms with E-state index in [1.54, 1.807) is 13.8 Å². The molecule has 8 heteroatoms. The fourth-order valence-corrected chi connectivity index (χ4v) is 5.73. The first-order valence-electron chi connectivity index (χ1n) is 9.54. The second-order valence-electron chi connectivity index (χ2n) is 6.68. The van der Waals surface area contributed by atoms with Gasteiger partial charge in [0.15, 0.2) is 4.80 Å². The Hall–Kier alpha value is -2.73. The van der Waals surface area contributed by atoms with E-state index in [2.05, 4.69) is 10.9 Å². The van der Waals surface area contributed by atoms with E-state index in [0.717, 1.165) is 15.8 Å². The molecule has 0 aliphatic carbocycles. The van der Waals surface area contributed by atoms with E-state index in [-0.39, 0.29) is 4.90 Å². The number of aryl methyl sites for hydroxylation is 1. The Labute approximate surface area is 180 Å². The van der Waals surface area contributed by atoms with Crippen LogP contribution < -0.4 is 4.80 Å². The monoisotopic (exact) mass is 441 g/mol. The molecule has 0 unspecified atom stereocenters. The second-order valence-corrected chi connectivity index (χ2v) is 9.62. The molecule has 30 heavy (non-hydrogen) atoms. The average Bonchev–Trinajstić information content (AvgIpc) is 3.05. The van der Waals surface area contributed by atoms with E-state index in [9.17, 15) is 13.2 Å². The molecule has 1 heterocycles. The maximum atomic E-state index is 12.7. The Morgan fingerprint density at radius 3 is 2.43 bits per heavy atom. The van der Waals surface area contributed by atoms with Gasteiger partial charge in [0.25, 0.3) is 5.91 Å². The molecule has 0 bridgehead atoms. The lowest BCUT2D eigenvalue weighted by molar-refractivity contribution is 0.0998. The van der Waals surface area contributed by atoms with Gasteiger partial charge in [0, 0.05) is 18.7 Å². The van der Waals surface area contributed by atoms with Gasteiger partial charge in [-0.15, -0.1) is 6.42 Å². The standard InChI is InChI=1S/C22H23N3O3S2/c1-5-14-25-19-13-8-16(4)15-20(19)29-22(25)23-21(26)17-9-11-18(12-10-17)30(27,28)24(6-2)7-3/h1,8-13,15H,6-7,14H2,2-4H3. The van der Waals surface area contributed by atoms with Crippen molar-refractivity contribution in [2.24, 2.45) is 4.99 Å². The van der Waals surface area contributed by atoms with Crippen molar-refractivity contribution in [1.29, 1.82) is 0 Å². The summed E-state index contributed by atoms with van der Waals surface area (Å²) in [5.74, 6) is 2.15. The largest absolute Gasteiger partial charge is 0.305 e. The number of carbonyl (C=O) groups excluding carboxylic acids is 1. The fraction of sp³-hybridized carbons (Fsp3) is 0.273. The molecule has 0 aliphatic rings. The van der Waals surface area contributed by atoms with Gasteiger partial charge in [-0.2, -0.15) is 9.30 Å². The van der Waals surface area contributed by atoms with Crippen LogP contribution in [0.4, 0.5) is 0 Å². The number of benzene rings is 2. The van der Waals surface area contributed by atoms with Gasteiger partial charge in [0.1, 0.15) is 0 Å². The SMILES string of the molecule is C#CCn1c(=NC(=O)c2ccc(S(=O)(=O)N(CC)CC)cc2)sc2cc(C)ccc21. The van der Waals surface area contributed by atoms with Crippen molar-refractivity contribution in [3.63, 3.8) is 0 Å². The Balaban J connectivity index is 1.99. The minimum Gasteiger partial charge on any atom is -0.305 e. The molecule has 1 amide bonds. The minimum absolute atomic E-state index is 0.155. The van der Waals surface area contributed by atoms with Crippen LogP contribution in [0, 0.1) is 19.3 Å². The normalized spacial score (nSPS) is 12.4. The third-order valence-corrected chi connectivity index (χ3v) is 7.83. The Kier molecular flexibility index (Phi) is 6.56. The number of carbonyl (C=O) groups is 1. The summed E-state index contributed by atoms with van der Waals surface area (Å²) < 4.78 is 29.4. The van der Waals surface area contributed by atoms with Gasteiger partial charge in [-0.3, -0.25) is 4.79 Å². The van der Waals surface area contributed by atoms with Crippen molar-refractivity contribution in [1.82, 2.24) is 8.87 Å². The average molecular weight is 442 g/mol. The van der Waals surface area contributed by atoms with Crippen molar-refractivity contribution in [2.75, 3.05) is 13.1 Å². The van der Waals surface area contributed by atoms with Crippen LogP contribution in [-0.2, 0) is 16.6 Å². The van der Waals surface area contributed by atoms with Crippen molar-refractivity contribution in [3.8, 4) is 12.3 Å². The van der Waals surface area contributed by atoms with E-state index in [1.165, 1.54) is 39.9 Å². The van der Waals surface area contributed by atoms with Crippen LogP contribution in [0.3, 0.4) is 0 Å². The third kappa shape index (κ3) is 4.24. The number of fused-ring (bicyclic) bond motifs is 1. The lowest BCUT2D eigenvalue weighted by atomic mass is 10.2. The number of nitrogens with zero attached hydrogens (tertiary/aromatic N) is 3. The molecule has 0 fully saturated rings. The highest BCUT2D eigenvalue weighted by Crippen LogP contribution is 2.20. The minimum atomic E-state index is -3.57. The predicted molar refractivity (Wildman–Crippen MR) is 120 cm³/mol. The van der Waals surface area contributed by atoms with Crippen LogP contribution in [0.15, 0.2) is 52.4 Å². The summed E-state index contributed by atoms with van der Waals surface area (Å²) in [5.41, 5.74) is 2.35. The molecule has 6 nitrogen and oxygen atoms in total. The van der Waals surface area contributed by atoms with E-state index >= 15 is 0 Å². The predicted octanol–water partition coefficient (Wildman–Crippen LogP) is 3.42. The quantitative estimate of drug-likeness (QED) is 0.550. The highest BCUT2D eigenvalue weighted by atomic mass is 32.2. The lowest BCUT2D eigenvalue weighted by Gasteiger charge is -2.18. The summed E-state index contributed by atoms with van der Waals surface area (Å²) in [4.78, 5) is 17.7. The van der Waals surface area contributed by atoms with Crippen molar-refractivity contribution < 1.29 is 13.2 Å². The van der Waals surface area contributed by atoms with E-state index in [0.29, 0.717) is 30.0 Å². The first kappa shape index (κ1) is 22.0. The molecular formula is C22H23N3O3S2. The first-order chi connectivity index (χ1) is 14.3. The smallest absolute Gasteiger partial charge is 0.279 e. The lowest BCUT2D eigenvalue weighted by Crippen LogP contribution is -2.30. The van der Waals surface area contributed by atoms with Crippen molar-refractivity contribution in [2.45, 2.75) is 32.2 Å². The van der Waals surface area contributed by atoms with E-state index in [1.807, 2.05) is 29.7 Å². The molecule has 3 aromatic rings. The third-order valence-electron chi connectivity index (χ3n) is 4.73. The molecule has 156 valence electrons. The van der Waals surface area contributed by atoms with Crippen molar-refractivity contribution >= 4 is 37.5 Å². The summed E-state index contributed by atoms with van der Waals surface area (Å²) in [7, 11) is -3.57. The highest BCUT2D eigenvalue weighted by Gasteiger charge is 2.21. The number of aromatic nitrogens is 1. The highest BCUT2D eigenvalue weighted by molar-refractivity contribution is 7.89. The van der Waals surface area contributed by atoms with Gasteiger partial charge in [0.05, 0.1) is 21.7 Å². The van der Waals surface area contributed by atoms with Gasteiger partial charge < -0.3 is 4.57 Å². The van der Waals surface area contributed by atoms with Crippen LogP contribution in [0.1, 0.15) is 29.8 Å². The summed E-state index contributed by atoms with van der Waals surface area (Å²) in [5, 5.41) is 0. The molecule has 1 aromatic heterocycles. The molecule has 0 atom stereocenters. The van der Waals surface area contributed by atoms with Crippen LogP contribution in [0.2, 0.25) is 0 Å². The van der Waals surface area contributed by atoms with Gasteiger partial charge in [0.2, 0.25) is 10.0 Å². The Morgan fingerprint density at radius 2 is 1.83 bits per heavy atom. The van der Waals surface area contributed by atoms with Crippen LogP contribution in [0.5, 0.6) is 0 Å². The number of terminal acetylenes is 1. The Morgan fingerprint density at radius 1 is 1.17 bits per heavy atom. The zero-order valence-electron chi connectivity index (χ0n) is 17.1. The summed E-state index contributed by atoms with van der Waals surface area (Å²) >= 11 is 1.40. The summed E-state index contributed by atoms with van der Waals surface area (Å²) in [6, 6.07) is 11.9.